The number of hydrogen-bond donors (Lipinski definition) is 1. The molecule has 2 atom stereocenters. The Kier molecular flexibility index (Phi) is 46.7. The van der Waals surface area contributed by atoms with E-state index in [0.717, 1.165) is 64.2 Å². The molecule has 0 saturated carbocycles. The van der Waals surface area contributed by atoms with Gasteiger partial charge in [0.15, 0.2) is 6.10 Å². The monoisotopic (exact) mass is 971 g/mol. The zero-order valence-corrected chi connectivity index (χ0v) is 45.0. The number of phosphoric ester groups is 1. The van der Waals surface area contributed by atoms with E-state index in [2.05, 4.69) is 98.9 Å². The lowest BCUT2D eigenvalue weighted by molar-refractivity contribution is -0.870. The van der Waals surface area contributed by atoms with Gasteiger partial charge in [-0.2, -0.15) is 0 Å². The molecule has 0 aliphatic carbocycles. The highest BCUT2D eigenvalue weighted by Gasteiger charge is 2.27. The van der Waals surface area contributed by atoms with Crippen molar-refractivity contribution in [1.29, 1.82) is 0 Å². The van der Waals surface area contributed by atoms with Gasteiger partial charge in [0.05, 0.1) is 27.7 Å². The first-order valence-corrected chi connectivity index (χ1v) is 28.5. The van der Waals surface area contributed by atoms with E-state index >= 15 is 0 Å². The van der Waals surface area contributed by atoms with E-state index in [0.29, 0.717) is 17.4 Å². The van der Waals surface area contributed by atoms with Crippen molar-refractivity contribution >= 4 is 19.8 Å². The first-order valence-electron chi connectivity index (χ1n) is 27.0. The number of ether oxygens (including phenoxy) is 2. The highest BCUT2D eigenvalue weighted by molar-refractivity contribution is 7.47. The molecule has 0 rings (SSSR count). The summed E-state index contributed by atoms with van der Waals surface area (Å²) in [6, 6.07) is 0. The Balaban J connectivity index is 4.30. The van der Waals surface area contributed by atoms with Gasteiger partial charge in [-0.25, -0.2) is 4.57 Å². The molecule has 0 heterocycles. The van der Waals surface area contributed by atoms with Crippen LogP contribution in [0, 0.1) is 0 Å². The maximum Gasteiger partial charge on any atom is 0.472 e. The fourth-order valence-electron chi connectivity index (χ4n) is 6.95. The number of likely N-dealkylation sites (N-methyl/N-ethyl adjacent to an activating group) is 1. The third-order valence-electron chi connectivity index (χ3n) is 11.1. The second kappa shape index (κ2) is 48.9. The van der Waals surface area contributed by atoms with E-state index < -0.39 is 32.5 Å². The lowest BCUT2D eigenvalue weighted by atomic mass is 10.0. The average molecular weight is 971 g/mol. The number of nitrogens with zero attached hydrogens (tertiary/aromatic N) is 1. The molecule has 0 fully saturated rings. The van der Waals surface area contributed by atoms with Crippen LogP contribution in [-0.2, 0) is 32.7 Å². The lowest BCUT2D eigenvalue weighted by Gasteiger charge is -2.24. The van der Waals surface area contributed by atoms with Crippen molar-refractivity contribution in [2.24, 2.45) is 0 Å². The molecule has 10 heteroatoms. The van der Waals surface area contributed by atoms with Crippen molar-refractivity contribution in [2.45, 2.75) is 213 Å². The van der Waals surface area contributed by atoms with Crippen LogP contribution < -0.4 is 0 Å². The van der Waals surface area contributed by atoms with Crippen molar-refractivity contribution in [3.05, 3.63) is 97.2 Å². The van der Waals surface area contributed by atoms with Crippen LogP contribution in [0.4, 0.5) is 0 Å². The molecule has 2 unspecified atom stereocenters. The molecule has 0 aromatic carbocycles. The number of phosphoric acid groups is 1. The Morgan fingerprint density at radius 1 is 0.471 bits per heavy atom. The van der Waals surface area contributed by atoms with Gasteiger partial charge >= 0.3 is 19.8 Å². The normalized spacial score (nSPS) is 14.1. The van der Waals surface area contributed by atoms with Crippen molar-refractivity contribution in [2.75, 3.05) is 47.5 Å². The van der Waals surface area contributed by atoms with Gasteiger partial charge in [-0.05, 0) is 83.5 Å². The molecule has 0 aliphatic heterocycles. The van der Waals surface area contributed by atoms with Crippen LogP contribution in [0.3, 0.4) is 0 Å². The van der Waals surface area contributed by atoms with Gasteiger partial charge < -0.3 is 18.9 Å². The topological polar surface area (TPSA) is 108 Å². The molecule has 1 N–H and O–H groups in total. The van der Waals surface area contributed by atoms with Crippen LogP contribution in [0.5, 0.6) is 0 Å². The van der Waals surface area contributed by atoms with Gasteiger partial charge in [0.1, 0.15) is 19.8 Å². The van der Waals surface area contributed by atoms with Crippen molar-refractivity contribution < 1.29 is 42.1 Å². The molecule has 0 amide bonds. The minimum atomic E-state index is -4.41. The molecule has 0 spiro atoms. The van der Waals surface area contributed by atoms with E-state index in [9.17, 15) is 19.0 Å². The van der Waals surface area contributed by atoms with Crippen LogP contribution in [0.15, 0.2) is 97.2 Å². The molecule has 68 heavy (non-hydrogen) atoms. The lowest BCUT2D eigenvalue weighted by Crippen LogP contribution is -2.37. The standard InChI is InChI=1S/C58H100NO8P/c1-6-8-10-12-14-16-18-20-22-24-26-27-28-29-30-31-33-34-36-38-40-42-44-46-48-50-57(60)64-54-56(55-66-68(62,63)65-53-52-59(3,4)5)67-58(61)51-49-47-45-43-41-39-37-35-32-25-23-21-19-17-15-13-11-9-7-2/h9,11,15,17-18,20-21,23-24,26,32,35,39,41,45,47,56H,6-8,10,12-14,16,19,22,25,27-31,33-34,36-38,40,42-44,46,48-55H2,1-5H3/p+1/b11-9-,17-15-,20-18-,23-21-,26-24-,35-32-,41-39-,47-45-. The molecule has 0 bridgehead atoms. The zero-order chi connectivity index (χ0) is 49.9. The number of unbranched alkanes of at least 4 members (excludes halogenated alkanes) is 18. The van der Waals surface area contributed by atoms with E-state index in [4.69, 9.17) is 18.5 Å². The van der Waals surface area contributed by atoms with Crippen LogP contribution in [0.1, 0.15) is 206 Å². The first kappa shape index (κ1) is 64.9. The van der Waals surface area contributed by atoms with Gasteiger partial charge in [0.25, 0.3) is 0 Å². The SMILES string of the molecule is CC/C=C\C/C=C\C/C=C\C/C=C\C/C=C\C/C=C\CCC(=O)OC(COC(=O)CCCCCCCCCCCCCCC/C=C\C/C=C\CCCCCCC)COP(=O)(O)OCC[N+](C)(C)C. The Morgan fingerprint density at radius 2 is 0.868 bits per heavy atom. The predicted octanol–water partition coefficient (Wildman–Crippen LogP) is 16.5. The number of carbonyl (C=O) groups is 2. The summed E-state index contributed by atoms with van der Waals surface area (Å²) < 4.78 is 34.4. The Bertz CT molecular complexity index is 1470. The summed E-state index contributed by atoms with van der Waals surface area (Å²) in [6.07, 6.45) is 66.3. The maximum atomic E-state index is 12.7. The second-order valence-electron chi connectivity index (χ2n) is 18.9. The quantitative estimate of drug-likeness (QED) is 0.0211. The average Bonchev–Trinajstić information content (AvgIpc) is 3.30. The van der Waals surface area contributed by atoms with Crippen molar-refractivity contribution in [3.63, 3.8) is 0 Å². The Hall–Kier alpha value is -3.07. The molecule has 9 nitrogen and oxygen atoms in total. The number of rotatable bonds is 48. The van der Waals surface area contributed by atoms with Crippen LogP contribution in [-0.4, -0.2) is 74.9 Å². The maximum absolute atomic E-state index is 12.7. The number of esters is 2. The Morgan fingerprint density at radius 3 is 1.31 bits per heavy atom. The molecule has 0 aromatic rings. The summed E-state index contributed by atoms with van der Waals surface area (Å²) in [6.45, 7) is 4.21. The van der Waals surface area contributed by atoms with Crippen LogP contribution >= 0.6 is 7.82 Å². The third kappa shape index (κ3) is 52.3. The minimum Gasteiger partial charge on any atom is -0.462 e. The Labute approximate surface area is 417 Å². The summed E-state index contributed by atoms with van der Waals surface area (Å²) in [7, 11) is 1.42. The summed E-state index contributed by atoms with van der Waals surface area (Å²) in [4.78, 5) is 35.6. The second-order valence-corrected chi connectivity index (χ2v) is 20.3. The van der Waals surface area contributed by atoms with E-state index in [-0.39, 0.29) is 26.1 Å². The third-order valence-corrected chi connectivity index (χ3v) is 12.1. The number of allylic oxidation sites excluding steroid dienone is 16. The number of hydrogen-bond acceptors (Lipinski definition) is 7. The fraction of sp³-hybridized carbons (Fsp3) is 0.690. The van der Waals surface area contributed by atoms with Crippen LogP contribution in [0.2, 0.25) is 0 Å². The largest absolute Gasteiger partial charge is 0.472 e. The summed E-state index contributed by atoms with van der Waals surface area (Å²) in [5.41, 5.74) is 0. The van der Waals surface area contributed by atoms with Gasteiger partial charge in [-0.3, -0.25) is 18.6 Å². The van der Waals surface area contributed by atoms with E-state index in [1.54, 1.807) is 0 Å². The number of quaternary nitrogens is 1. The van der Waals surface area contributed by atoms with E-state index in [1.807, 2.05) is 33.3 Å². The molecular weight excluding hydrogens is 870 g/mol. The number of carbonyl (C=O) groups excluding carboxylic acids is 2. The van der Waals surface area contributed by atoms with E-state index in [1.165, 1.54) is 109 Å². The predicted molar refractivity (Wildman–Crippen MR) is 288 cm³/mol. The molecule has 0 radical (unpaired) electrons. The summed E-state index contributed by atoms with van der Waals surface area (Å²) >= 11 is 0. The molecule has 0 aliphatic rings. The van der Waals surface area contributed by atoms with Crippen LogP contribution in [0.25, 0.3) is 0 Å². The summed E-state index contributed by atoms with van der Waals surface area (Å²) in [5.74, 6) is -0.900. The fourth-order valence-corrected chi connectivity index (χ4v) is 7.69. The first-order chi connectivity index (χ1) is 33.0. The smallest absolute Gasteiger partial charge is 0.462 e. The highest BCUT2D eigenvalue weighted by atomic mass is 31.2. The van der Waals surface area contributed by atoms with Crippen molar-refractivity contribution in [3.8, 4) is 0 Å². The zero-order valence-electron chi connectivity index (χ0n) is 44.1. The van der Waals surface area contributed by atoms with Gasteiger partial charge in [0, 0.05) is 12.8 Å². The van der Waals surface area contributed by atoms with Gasteiger partial charge in [0.2, 0.25) is 0 Å². The molecular formula is C58H101NO8P+. The van der Waals surface area contributed by atoms with Crippen molar-refractivity contribution in [1.82, 2.24) is 0 Å². The minimum absolute atomic E-state index is 0.0134. The summed E-state index contributed by atoms with van der Waals surface area (Å²) in [5, 5.41) is 0. The highest BCUT2D eigenvalue weighted by Crippen LogP contribution is 2.43. The molecule has 390 valence electrons. The van der Waals surface area contributed by atoms with Gasteiger partial charge in [-0.15, -0.1) is 0 Å². The van der Waals surface area contributed by atoms with Gasteiger partial charge in [-0.1, -0.05) is 207 Å². The molecule has 0 saturated heterocycles. The molecule has 0 aromatic heterocycles.